The van der Waals surface area contributed by atoms with Crippen molar-refractivity contribution in [2.45, 2.75) is 6.54 Å². The number of ether oxygens (including phenoxy) is 2. The lowest BCUT2D eigenvalue weighted by molar-refractivity contribution is 0.102. The minimum atomic E-state index is -0.596. The Labute approximate surface area is 161 Å². The number of rotatable bonds is 7. The summed E-state index contributed by atoms with van der Waals surface area (Å²) in [6.45, 7) is 0.496. The van der Waals surface area contributed by atoms with Gasteiger partial charge in [0, 0.05) is 6.54 Å². The van der Waals surface area contributed by atoms with Gasteiger partial charge in [0.1, 0.15) is 11.6 Å². The number of nitrogens with one attached hydrogen (secondary N) is 2. The van der Waals surface area contributed by atoms with E-state index in [9.17, 15) is 9.18 Å². The second-order valence-corrected chi connectivity index (χ2v) is 5.78. The standard InChI is InChI=1S/C20H19FN4O3/c1-27-16-8-7-13(11-17(16)28-2)12-22-18-9-10-19(25-24-18)23-20(26)14-5-3-4-6-15(14)21/h3-11H,12H2,1-2H3,(H,22,24)(H,23,25,26). The second kappa shape index (κ2) is 8.81. The SMILES string of the molecule is COc1ccc(CNc2ccc(NC(=O)c3ccccc3F)nn2)cc1OC. The molecule has 0 saturated carbocycles. The summed E-state index contributed by atoms with van der Waals surface area (Å²) in [4.78, 5) is 12.1. The van der Waals surface area contributed by atoms with Gasteiger partial charge in [-0.25, -0.2) is 4.39 Å². The largest absolute Gasteiger partial charge is 0.493 e. The van der Waals surface area contributed by atoms with Crippen molar-refractivity contribution in [3.63, 3.8) is 0 Å². The number of halogens is 1. The number of benzene rings is 2. The Morgan fingerprint density at radius 3 is 2.36 bits per heavy atom. The van der Waals surface area contributed by atoms with Crippen molar-refractivity contribution in [2.75, 3.05) is 24.9 Å². The van der Waals surface area contributed by atoms with Crippen LogP contribution >= 0.6 is 0 Å². The number of hydrogen-bond acceptors (Lipinski definition) is 6. The van der Waals surface area contributed by atoms with E-state index in [-0.39, 0.29) is 11.4 Å². The van der Waals surface area contributed by atoms with E-state index in [1.54, 1.807) is 32.4 Å². The molecule has 0 aliphatic carbocycles. The normalized spacial score (nSPS) is 10.2. The van der Waals surface area contributed by atoms with E-state index >= 15 is 0 Å². The van der Waals surface area contributed by atoms with Gasteiger partial charge in [0.25, 0.3) is 5.91 Å². The summed E-state index contributed by atoms with van der Waals surface area (Å²) in [5.41, 5.74) is 0.913. The van der Waals surface area contributed by atoms with Crippen LogP contribution in [0.15, 0.2) is 54.6 Å². The molecule has 28 heavy (non-hydrogen) atoms. The Kier molecular flexibility index (Phi) is 6.01. The maximum atomic E-state index is 13.6. The monoisotopic (exact) mass is 382 g/mol. The van der Waals surface area contributed by atoms with Gasteiger partial charge in [-0.1, -0.05) is 18.2 Å². The van der Waals surface area contributed by atoms with E-state index in [2.05, 4.69) is 20.8 Å². The molecule has 0 unspecified atom stereocenters. The summed E-state index contributed by atoms with van der Waals surface area (Å²) in [6.07, 6.45) is 0. The number of hydrogen-bond donors (Lipinski definition) is 2. The van der Waals surface area contributed by atoms with Crippen LogP contribution in [0.2, 0.25) is 0 Å². The van der Waals surface area contributed by atoms with Gasteiger partial charge in [0.2, 0.25) is 0 Å². The van der Waals surface area contributed by atoms with Gasteiger partial charge in [-0.15, -0.1) is 10.2 Å². The molecule has 2 N–H and O–H groups in total. The van der Waals surface area contributed by atoms with Gasteiger partial charge in [-0.2, -0.15) is 0 Å². The van der Waals surface area contributed by atoms with Crippen molar-refractivity contribution < 1.29 is 18.7 Å². The highest BCUT2D eigenvalue weighted by Crippen LogP contribution is 2.27. The molecule has 3 aromatic rings. The predicted octanol–water partition coefficient (Wildman–Crippen LogP) is 3.50. The Morgan fingerprint density at radius 2 is 1.68 bits per heavy atom. The molecule has 0 fully saturated rings. The summed E-state index contributed by atoms with van der Waals surface area (Å²) >= 11 is 0. The number of methoxy groups -OCH3 is 2. The minimum Gasteiger partial charge on any atom is -0.493 e. The highest BCUT2D eigenvalue weighted by atomic mass is 19.1. The summed E-state index contributed by atoms with van der Waals surface area (Å²) in [5.74, 6) is 0.864. The van der Waals surface area contributed by atoms with E-state index in [0.29, 0.717) is 23.9 Å². The smallest absolute Gasteiger partial charge is 0.259 e. The molecule has 8 heteroatoms. The fraction of sp³-hybridized carbons (Fsp3) is 0.150. The summed E-state index contributed by atoms with van der Waals surface area (Å²) in [5, 5.41) is 13.6. The van der Waals surface area contributed by atoms with Gasteiger partial charge in [0.15, 0.2) is 17.3 Å². The molecule has 0 saturated heterocycles. The molecule has 0 aliphatic rings. The number of aromatic nitrogens is 2. The highest BCUT2D eigenvalue weighted by Gasteiger charge is 2.12. The van der Waals surface area contributed by atoms with Crippen molar-refractivity contribution in [3.8, 4) is 11.5 Å². The van der Waals surface area contributed by atoms with Gasteiger partial charge in [-0.3, -0.25) is 4.79 Å². The molecule has 144 valence electrons. The van der Waals surface area contributed by atoms with Crippen molar-refractivity contribution in [1.29, 1.82) is 0 Å². The molecule has 1 heterocycles. The minimum absolute atomic E-state index is 0.0556. The van der Waals surface area contributed by atoms with E-state index < -0.39 is 11.7 Å². The first-order chi connectivity index (χ1) is 13.6. The summed E-state index contributed by atoms with van der Waals surface area (Å²) < 4.78 is 24.1. The van der Waals surface area contributed by atoms with Gasteiger partial charge in [0.05, 0.1) is 19.8 Å². The fourth-order valence-electron chi connectivity index (χ4n) is 2.51. The van der Waals surface area contributed by atoms with Crippen LogP contribution in [0.25, 0.3) is 0 Å². The molecule has 3 rings (SSSR count). The first-order valence-corrected chi connectivity index (χ1v) is 8.45. The highest BCUT2D eigenvalue weighted by molar-refractivity contribution is 6.03. The van der Waals surface area contributed by atoms with E-state index in [1.807, 2.05) is 18.2 Å². The summed E-state index contributed by atoms with van der Waals surface area (Å²) in [7, 11) is 3.16. The van der Waals surface area contributed by atoms with Crippen molar-refractivity contribution in [2.24, 2.45) is 0 Å². The van der Waals surface area contributed by atoms with Crippen LogP contribution in [-0.2, 0) is 6.54 Å². The van der Waals surface area contributed by atoms with E-state index in [0.717, 1.165) is 5.56 Å². The first-order valence-electron chi connectivity index (χ1n) is 8.45. The molecule has 1 amide bonds. The zero-order valence-corrected chi connectivity index (χ0v) is 15.4. The van der Waals surface area contributed by atoms with Crippen molar-refractivity contribution >= 4 is 17.5 Å². The average molecular weight is 382 g/mol. The third-order valence-corrected chi connectivity index (χ3v) is 3.95. The van der Waals surface area contributed by atoms with Gasteiger partial charge in [-0.05, 0) is 42.0 Å². The van der Waals surface area contributed by atoms with Crippen molar-refractivity contribution in [1.82, 2.24) is 10.2 Å². The molecule has 0 aliphatic heterocycles. The zero-order valence-electron chi connectivity index (χ0n) is 15.4. The van der Waals surface area contributed by atoms with E-state index in [4.69, 9.17) is 9.47 Å². The molecule has 7 nitrogen and oxygen atoms in total. The van der Waals surface area contributed by atoms with Gasteiger partial charge < -0.3 is 20.1 Å². The topological polar surface area (TPSA) is 85.4 Å². The molecule has 0 spiro atoms. The fourth-order valence-corrected chi connectivity index (χ4v) is 2.51. The third-order valence-electron chi connectivity index (χ3n) is 3.95. The zero-order chi connectivity index (χ0) is 19.9. The van der Waals surface area contributed by atoms with Crippen molar-refractivity contribution in [3.05, 3.63) is 71.5 Å². The number of carbonyl (C=O) groups is 1. The molecule has 2 aromatic carbocycles. The number of amides is 1. The third kappa shape index (κ3) is 4.53. The van der Waals surface area contributed by atoms with Crippen LogP contribution in [0.4, 0.5) is 16.0 Å². The van der Waals surface area contributed by atoms with Crippen LogP contribution in [0.1, 0.15) is 15.9 Å². The molecule has 1 aromatic heterocycles. The second-order valence-electron chi connectivity index (χ2n) is 5.78. The molecular weight excluding hydrogens is 363 g/mol. The molecular formula is C20H19FN4O3. The first kappa shape index (κ1) is 19.1. The van der Waals surface area contributed by atoms with Crippen LogP contribution in [0, 0.1) is 5.82 Å². The lowest BCUT2D eigenvalue weighted by atomic mass is 10.2. The Morgan fingerprint density at radius 1 is 0.964 bits per heavy atom. The van der Waals surface area contributed by atoms with Crippen LogP contribution in [0.5, 0.6) is 11.5 Å². The lowest BCUT2D eigenvalue weighted by Crippen LogP contribution is -2.15. The van der Waals surface area contributed by atoms with E-state index in [1.165, 1.54) is 18.2 Å². The Hall–Kier alpha value is -3.68. The van der Waals surface area contributed by atoms with Gasteiger partial charge >= 0.3 is 0 Å². The molecule has 0 bridgehead atoms. The molecule has 0 atom stereocenters. The number of anilines is 2. The summed E-state index contributed by atoms with van der Waals surface area (Å²) in [6, 6.07) is 14.6. The predicted molar refractivity (Wildman–Crippen MR) is 103 cm³/mol. The Balaban J connectivity index is 1.60. The van der Waals surface area contributed by atoms with Crippen LogP contribution in [-0.4, -0.2) is 30.3 Å². The maximum absolute atomic E-state index is 13.6. The van der Waals surface area contributed by atoms with Crippen LogP contribution < -0.4 is 20.1 Å². The van der Waals surface area contributed by atoms with Crippen LogP contribution in [0.3, 0.4) is 0 Å². The lowest BCUT2D eigenvalue weighted by Gasteiger charge is -2.10. The number of nitrogens with zero attached hydrogens (tertiary/aromatic N) is 2. The average Bonchev–Trinajstić information content (AvgIpc) is 2.73. The maximum Gasteiger partial charge on any atom is 0.259 e. The molecule has 0 radical (unpaired) electrons. The number of carbonyl (C=O) groups excluding carboxylic acids is 1. The quantitative estimate of drug-likeness (QED) is 0.651. The Bertz CT molecular complexity index is 964.